The minimum atomic E-state index is 0.331. The Morgan fingerprint density at radius 2 is 1.96 bits per heavy atom. The van der Waals surface area contributed by atoms with Crippen LogP contribution in [0.3, 0.4) is 0 Å². The van der Waals surface area contributed by atoms with Gasteiger partial charge in [0, 0.05) is 51.4 Å². The summed E-state index contributed by atoms with van der Waals surface area (Å²) in [6.45, 7) is 11.3. The molecular weight excluding hydrogens is 298 g/mol. The molecule has 0 radical (unpaired) electrons. The highest BCUT2D eigenvalue weighted by atomic mass is 16.2. The second-order valence-electron chi connectivity index (χ2n) is 7.50. The number of piperazine rings is 1. The highest BCUT2D eigenvalue weighted by molar-refractivity contribution is 5.76. The van der Waals surface area contributed by atoms with Gasteiger partial charge < -0.3 is 14.7 Å². The van der Waals surface area contributed by atoms with Gasteiger partial charge in [0.05, 0.1) is 0 Å². The van der Waals surface area contributed by atoms with Crippen LogP contribution in [-0.2, 0) is 4.79 Å². The lowest BCUT2D eigenvalue weighted by Crippen LogP contribution is -2.49. The van der Waals surface area contributed by atoms with Gasteiger partial charge in [-0.1, -0.05) is 19.1 Å². The van der Waals surface area contributed by atoms with Crippen LogP contribution in [0, 0.1) is 12.8 Å². The molecular formula is C20H31N3O. The molecule has 2 aliphatic heterocycles. The maximum atomic E-state index is 12.5. The number of piperidine rings is 1. The summed E-state index contributed by atoms with van der Waals surface area (Å²) in [7, 11) is 0. The first-order valence-electron chi connectivity index (χ1n) is 9.43. The summed E-state index contributed by atoms with van der Waals surface area (Å²) in [6.07, 6.45) is 3.30. The summed E-state index contributed by atoms with van der Waals surface area (Å²) in [5.41, 5.74) is 2.58. The third kappa shape index (κ3) is 4.50. The molecule has 0 aromatic heterocycles. The van der Waals surface area contributed by atoms with Crippen LogP contribution >= 0.6 is 0 Å². The van der Waals surface area contributed by atoms with E-state index in [9.17, 15) is 4.79 Å². The van der Waals surface area contributed by atoms with E-state index in [1.54, 1.807) is 0 Å². The third-order valence-electron chi connectivity index (χ3n) is 5.38. The smallest absolute Gasteiger partial charge is 0.223 e. The van der Waals surface area contributed by atoms with Crippen molar-refractivity contribution in [1.82, 2.24) is 9.80 Å². The van der Waals surface area contributed by atoms with Crippen LogP contribution in [0.15, 0.2) is 24.3 Å². The molecule has 0 spiro atoms. The van der Waals surface area contributed by atoms with Gasteiger partial charge in [-0.15, -0.1) is 0 Å². The van der Waals surface area contributed by atoms with Crippen LogP contribution < -0.4 is 4.90 Å². The number of carbonyl (C=O) groups is 1. The Morgan fingerprint density at radius 1 is 1.17 bits per heavy atom. The maximum absolute atomic E-state index is 12.5. The average molecular weight is 329 g/mol. The van der Waals surface area contributed by atoms with Crippen LogP contribution in [-0.4, -0.2) is 61.5 Å². The monoisotopic (exact) mass is 329 g/mol. The number of aryl methyl sites for hydroxylation is 1. The van der Waals surface area contributed by atoms with E-state index in [-0.39, 0.29) is 0 Å². The van der Waals surface area contributed by atoms with Crippen molar-refractivity contribution in [3.05, 3.63) is 29.8 Å². The number of rotatable bonds is 4. The molecule has 4 nitrogen and oxygen atoms in total. The van der Waals surface area contributed by atoms with Gasteiger partial charge in [0.2, 0.25) is 5.91 Å². The first-order valence-corrected chi connectivity index (χ1v) is 9.43. The van der Waals surface area contributed by atoms with Crippen molar-refractivity contribution in [2.45, 2.75) is 33.1 Å². The number of hydrogen-bond acceptors (Lipinski definition) is 3. The molecule has 0 aliphatic carbocycles. The maximum Gasteiger partial charge on any atom is 0.223 e. The summed E-state index contributed by atoms with van der Waals surface area (Å²) >= 11 is 0. The van der Waals surface area contributed by atoms with E-state index < -0.39 is 0 Å². The highest BCUT2D eigenvalue weighted by Gasteiger charge is 2.22. The molecule has 1 aromatic rings. The van der Waals surface area contributed by atoms with Crippen molar-refractivity contribution < 1.29 is 4.79 Å². The Balaban J connectivity index is 1.43. The minimum Gasteiger partial charge on any atom is -0.368 e. The second kappa shape index (κ2) is 8.02. The molecule has 4 heteroatoms. The van der Waals surface area contributed by atoms with Crippen LogP contribution in [0.1, 0.15) is 31.7 Å². The molecule has 0 N–H and O–H groups in total. The van der Waals surface area contributed by atoms with Gasteiger partial charge in [0.1, 0.15) is 0 Å². The van der Waals surface area contributed by atoms with Crippen LogP contribution in [0.5, 0.6) is 0 Å². The number of likely N-dealkylation sites (tertiary alicyclic amines) is 1. The van der Waals surface area contributed by atoms with Gasteiger partial charge in [-0.2, -0.15) is 0 Å². The summed E-state index contributed by atoms with van der Waals surface area (Å²) in [4.78, 5) is 19.4. The van der Waals surface area contributed by atoms with Crippen LogP contribution in [0.25, 0.3) is 0 Å². The van der Waals surface area contributed by atoms with E-state index in [1.807, 2.05) is 0 Å². The Bertz CT molecular complexity index is 552. The van der Waals surface area contributed by atoms with Crippen molar-refractivity contribution >= 4 is 11.6 Å². The molecule has 3 rings (SSSR count). The number of amides is 1. The number of anilines is 1. The van der Waals surface area contributed by atoms with Crippen molar-refractivity contribution in [2.24, 2.45) is 5.92 Å². The zero-order valence-electron chi connectivity index (χ0n) is 15.2. The fraction of sp³-hybridized carbons (Fsp3) is 0.650. The quantitative estimate of drug-likeness (QED) is 0.850. The highest BCUT2D eigenvalue weighted by Crippen LogP contribution is 2.19. The van der Waals surface area contributed by atoms with E-state index >= 15 is 0 Å². The normalized spacial score (nSPS) is 22.7. The summed E-state index contributed by atoms with van der Waals surface area (Å²) < 4.78 is 0. The molecule has 1 atom stereocenters. The standard InChI is InChI=1S/C20H31N3O/c1-17-5-3-7-19(15-17)22-11-13-23(14-12-22)20(24)8-10-21-9-4-6-18(2)16-21/h3,5,7,15,18H,4,6,8-14,16H2,1-2H3. The van der Waals surface area contributed by atoms with Gasteiger partial charge in [0.15, 0.2) is 0 Å². The number of nitrogens with zero attached hydrogens (tertiary/aromatic N) is 3. The molecule has 1 aromatic carbocycles. The average Bonchev–Trinajstić information content (AvgIpc) is 2.60. The van der Waals surface area contributed by atoms with Crippen molar-refractivity contribution in [3.63, 3.8) is 0 Å². The van der Waals surface area contributed by atoms with Crippen LogP contribution in [0.4, 0.5) is 5.69 Å². The zero-order valence-corrected chi connectivity index (χ0v) is 15.2. The van der Waals surface area contributed by atoms with Gasteiger partial charge in [-0.05, 0) is 49.9 Å². The van der Waals surface area contributed by atoms with E-state index in [0.717, 1.165) is 45.2 Å². The first kappa shape index (κ1) is 17.3. The third-order valence-corrected chi connectivity index (χ3v) is 5.38. The lowest BCUT2D eigenvalue weighted by atomic mass is 10.0. The fourth-order valence-electron chi connectivity index (χ4n) is 3.94. The molecule has 1 amide bonds. The van der Waals surface area contributed by atoms with Crippen molar-refractivity contribution in [2.75, 3.05) is 50.7 Å². The topological polar surface area (TPSA) is 26.8 Å². The molecule has 2 heterocycles. The van der Waals surface area contributed by atoms with Gasteiger partial charge >= 0.3 is 0 Å². The first-order chi connectivity index (χ1) is 11.6. The molecule has 24 heavy (non-hydrogen) atoms. The Labute approximate surface area is 146 Å². The van der Waals surface area contributed by atoms with E-state index in [1.165, 1.54) is 30.6 Å². The number of benzene rings is 1. The Kier molecular flexibility index (Phi) is 5.77. The molecule has 2 aliphatic rings. The predicted molar refractivity (Wildman–Crippen MR) is 99.4 cm³/mol. The van der Waals surface area contributed by atoms with Gasteiger partial charge in [0.25, 0.3) is 0 Å². The largest absolute Gasteiger partial charge is 0.368 e. The molecule has 2 saturated heterocycles. The summed E-state index contributed by atoms with van der Waals surface area (Å²) in [6, 6.07) is 8.64. The fourth-order valence-corrected chi connectivity index (χ4v) is 3.94. The predicted octanol–water partition coefficient (Wildman–Crippen LogP) is 2.77. The SMILES string of the molecule is Cc1cccc(N2CCN(C(=O)CCN3CCCC(C)C3)CC2)c1. The van der Waals surface area contributed by atoms with E-state index in [2.05, 4.69) is 52.8 Å². The van der Waals surface area contributed by atoms with Gasteiger partial charge in [-0.3, -0.25) is 4.79 Å². The Hall–Kier alpha value is -1.55. The Morgan fingerprint density at radius 3 is 2.67 bits per heavy atom. The minimum absolute atomic E-state index is 0.331. The van der Waals surface area contributed by atoms with Crippen molar-refractivity contribution in [3.8, 4) is 0 Å². The van der Waals surface area contributed by atoms with Gasteiger partial charge in [-0.25, -0.2) is 0 Å². The zero-order chi connectivity index (χ0) is 16.9. The molecule has 132 valence electrons. The summed E-state index contributed by atoms with van der Waals surface area (Å²) in [5, 5.41) is 0. The van der Waals surface area contributed by atoms with E-state index in [4.69, 9.17) is 0 Å². The second-order valence-corrected chi connectivity index (χ2v) is 7.50. The van der Waals surface area contributed by atoms with E-state index in [0.29, 0.717) is 12.3 Å². The molecule has 0 saturated carbocycles. The number of carbonyl (C=O) groups excluding carboxylic acids is 1. The summed E-state index contributed by atoms with van der Waals surface area (Å²) in [5.74, 6) is 1.11. The lowest BCUT2D eigenvalue weighted by Gasteiger charge is -2.37. The molecule has 2 fully saturated rings. The lowest BCUT2D eigenvalue weighted by molar-refractivity contribution is -0.131. The molecule has 0 bridgehead atoms. The van der Waals surface area contributed by atoms with Crippen LogP contribution in [0.2, 0.25) is 0 Å². The number of hydrogen-bond donors (Lipinski definition) is 0. The molecule has 1 unspecified atom stereocenters. The van der Waals surface area contributed by atoms with Crippen molar-refractivity contribution in [1.29, 1.82) is 0 Å².